The van der Waals surface area contributed by atoms with Gasteiger partial charge in [-0.25, -0.2) is 0 Å². The van der Waals surface area contributed by atoms with Crippen LogP contribution in [0.2, 0.25) is 0 Å². The molecule has 2 rings (SSSR count). The number of hydrogen-bond donors (Lipinski definition) is 2. The number of hydrogen-bond acceptors (Lipinski definition) is 3. The molecule has 0 fully saturated rings. The molecule has 1 atom stereocenters. The fourth-order valence-corrected chi connectivity index (χ4v) is 2.28. The lowest BCUT2D eigenvalue weighted by Crippen LogP contribution is -2.38. The average Bonchev–Trinajstić information content (AvgIpc) is 2.90. The minimum atomic E-state index is 0.0261. The van der Waals surface area contributed by atoms with E-state index in [0.717, 1.165) is 13.0 Å². The summed E-state index contributed by atoms with van der Waals surface area (Å²) in [4.78, 5) is 0. The van der Waals surface area contributed by atoms with E-state index in [2.05, 4.69) is 26.1 Å². The van der Waals surface area contributed by atoms with Crippen molar-refractivity contribution in [1.82, 2.24) is 5.32 Å². The van der Waals surface area contributed by atoms with Crippen LogP contribution in [0.15, 0.2) is 47.3 Å². The summed E-state index contributed by atoms with van der Waals surface area (Å²) in [6.45, 7) is 7.48. The highest BCUT2D eigenvalue weighted by molar-refractivity contribution is 5.31. The third-order valence-electron chi connectivity index (χ3n) is 3.66. The number of aromatic hydroxyl groups is 1. The van der Waals surface area contributed by atoms with Gasteiger partial charge in [0.05, 0.1) is 12.5 Å². The normalized spacial score (nSPS) is 13.3. The molecule has 0 spiro atoms. The Labute approximate surface area is 120 Å². The van der Waals surface area contributed by atoms with Crippen molar-refractivity contribution in [2.75, 3.05) is 6.54 Å². The lowest BCUT2D eigenvalue weighted by atomic mass is 9.84. The molecule has 0 bridgehead atoms. The van der Waals surface area contributed by atoms with Crippen LogP contribution < -0.4 is 5.32 Å². The zero-order valence-corrected chi connectivity index (χ0v) is 12.4. The van der Waals surface area contributed by atoms with Gasteiger partial charge in [-0.15, -0.1) is 0 Å². The number of furan rings is 1. The number of nitrogens with one attached hydrogen (secondary N) is 1. The molecule has 1 unspecified atom stereocenters. The maximum Gasteiger partial charge on any atom is 0.115 e. The summed E-state index contributed by atoms with van der Waals surface area (Å²) in [5.41, 5.74) is 2.46. The number of phenols is 1. The predicted octanol–water partition coefficient (Wildman–Crippen LogP) is 3.48. The zero-order chi connectivity index (χ0) is 14.6. The van der Waals surface area contributed by atoms with E-state index in [4.69, 9.17) is 4.42 Å². The van der Waals surface area contributed by atoms with Crippen LogP contribution in [0.5, 0.6) is 5.75 Å². The standard InChI is InChI=1S/C17H23NO2/c1-13(10-14-8-9-20-11-14)18-12-17(2,3)15-4-6-16(19)7-5-15/h4-9,11,13,18-19H,10,12H2,1-3H3. The largest absolute Gasteiger partial charge is 0.508 e. The Hall–Kier alpha value is -1.74. The lowest BCUT2D eigenvalue weighted by molar-refractivity contribution is 0.425. The highest BCUT2D eigenvalue weighted by Gasteiger charge is 2.21. The fourth-order valence-electron chi connectivity index (χ4n) is 2.28. The molecular weight excluding hydrogens is 250 g/mol. The van der Waals surface area contributed by atoms with Crippen molar-refractivity contribution in [2.24, 2.45) is 0 Å². The van der Waals surface area contributed by atoms with Gasteiger partial charge in [0.1, 0.15) is 5.75 Å². The van der Waals surface area contributed by atoms with Crippen LogP contribution in [0.3, 0.4) is 0 Å². The van der Waals surface area contributed by atoms with Crippen molar-refractivity contribution in [3.8, 4) is 5.75 Å². The van der Waals surface area contributed by atoms with Crippen molar-refractivity contribution >= 4 is 0 Å². The maximum atomic E-state index is 9.36. The molecule has 0 radical (unpaired) electrons. The molecule has 2 aromatic rings. The van der Waals surface area contributed by atoms with Crippen LogP contribution in [-0.4, -0.2) is 17.7 Å². The third kappa shape index (κ3) is 3.87. The molecule has 0 saturated carbocycles. The van der Waals surface area contributed by atoms with Crippen LogP contribution in [0.4, 0.5) is 0 Å². The summed E-state index contributed by atoms with van der Waals surface area (Å²) in [7, 11) is 0. The molecule has 0 saturated heterocycles. The van der Waals surface area contributed by atoms with E-state index >= 15 is 0 Å². The van der Waals surface area contributed by atoms with Gasteiger partial charge in [0.2, 0.25) is 0 Å². The Kier molecular flexibility index (Phi) is 4.50. The van der Waals surface area contributed by atoms with Crippen LogP contribution in [0, 0.1) is 0 Å². The van der Waals surface area contributed by atoms with Crippen molar-refractivity contribution < 1.29 is 9.52 Å². The SMILES string of the molecule is CC(Cc1ccoc1)NCC(C)(C)c1ccc(O)cc1. The van der Waals surface area contributed by atoms with Gasteiger partial charge in [-0.05, 0) is 42.7 Å². The zero-order valence-electron chi connectivity index (χ0n) is 12.4. The Bertz CT molecular complexity index is 514. The summed E-state index contributed by atoms with van der Waals surface area (Å²) in [5, 5.41) is 12.9. The fraction of sp³-hybridized carbons (Fsp3) is 0.412. The molecule has 0 aliphatic carbocycles. The van der Waals surface area contributed by atoms with E-state index < -0.39 is 0 Å². The van der Waals surface area contributed by atoms with Gasteiger partial charge in [0.15, 0.2) is 0 Å². The molecule has 20 heavy (non-hydrogen) atoms. The van der Waals surface area contributed by atoms with E-state index in [1.165, 1.54) is 11.1 Å². The smallest absolute Gasteiger partial charge is 0.115 e. The van der Waals surface area contributed by atoms with E-state index in [9.17, 15) is 5.11 Å². The monoisotopic (exact) mass is 273 g/mol. The first kappa shape index (κ1) is 14.7. The second-order valence-electron chi connectivity index (χ2n) is 6.05. The second-order valence-corrected chi connectivity index (χ2v) is 6.05. The van der Waals surface area contributed by atoms with E-state index in [-0.39, 0.29) is 5.41 Å². The Balaban J connectivity index is 1.89. The van der Waals surface area contributed by atoms with Gasteiger partial charge in [0, 0.05) is 18.0 Å². The molecule has 2 N–H and O–H groups in total. The maximum absolute atomic E-state index is 9.36. The third-order valence-corrected chi connectivity index (χ3v) is 3.66. The first-order valence-corrected chi connectivity index (χ1v) is 7.01. The van der Waals surface area contributed by atoms with Crippen molar-refractivity contribution in [2.45, 2.75) is 38.6 Å². The number of rotatable bonds is 6. The van der Waals surface area contributed by atoms with E-state index in [0.29, 0.717) is 11.8 Å². The van der Waals surface area contributed by atoms with Crippen molar-refractivity contribution in [1.29, 1.82) is 0 Å². The summed E-state index contributed by atoms with van der Waals surface area (Å²) in [6.07, 6.45) is 4.47. The van der Waals surface area contributed by atoms with Crippen LogP contribution >= 0.6 is 0 Å². The molecule has 1 aromatic heterocycles. The average molecular weight is 273 g/mol. The number of phenolic OH excluding ortho intramolecular Hbond substituents is 1. The molecular formula is C17H23NO2. The topological polar surface area (TPSA) is 45.4 Å². The highest BCUT2D eigenvalue weighted by atomic mass is 16.3. The van der Waals surface area contributed by atoms with Crippen LogP contribution in [-0.2, 0) is 11.8 Å². The van der Waals surface area contributed by atoms with E-state index in [1.54, 1.807) is 24.7 Å². The molecule has 3 heteroatoms. The molecule has 108 valence electrons. The minimum absolute atomic E-state index is 0.0261. The van der Waals surface area contributed by atoms with Gasteiger partial charge >= 0.3 is 0 Å². The quantitative estimate of drug-likeness (QED) is 0.847. The van der Waals surface area contributed by atoms with Gasteiger partial charge in [-0.3, -0.25) is 0 Å². The van der Waals surface area contributed by atoms with Gasteiger partial charge in [-0.1, -0.05) is 26.0 Å². The van der Waals surface area contributed by atoms with E-state index in [1.807, 2.05) is 18.2 Å². The lowest BCUT2D eigenvalue weighted by Gasteiger charge is -2.28. The van der Waals surface area contributed by atoms with Gasteiger partial charge in [-0.2, -0.15) is 0 Å². The molecule has 0 amide bonds. The summed E-state index contributed by atoms with van der Waals surface area (Å²) in [5.74, 6) is 0.311. The molecule has 0 aliphatic rings. The Morgan fingerprint density at radius 2 is 1.90 bits per heavy atom. The molecule has 0 aliphatic heterocycles. The molecule has 1 aromatic carbocycles. The molecule has 3 nitrogen and oxygen atoms in total. The van der Waals surface area contributed by atoms with Crippen LogP contribution in [0.25, 0.3) is 0 Å². The Morgan fingerprint density at radius 3 is 2.50 bits per heavy atom. The van der Waals surface area contributed by atoms with Gasteiger partial charge in [0.25, 0.3) is 0 Å². The summed E-state index contributed by atoms with van der Waals surface area (Å²) < 4.78 is 5.09. The first-order valence-electron chi connectivity index (χ1n) is 7.01. The summed E-state index contributed by atoms with van der Waals surface area (Å²) >= 11 is 0. The van der Waals surface area contributed by atoms with Crippen molar-refractivity contribution in [3.05, 3.63) is 54.0 Å². The summed E-state index contributed by atoms with van der Waals surface area (Å²) in [6, 6.07) is 9.85. The van der Waals surface area contributed by atoms with Gasteiger partial charge < -0.3 is 14.8 Å². The second kappa shape index (κ2) is 6.14. The van der Waals surface area contributed by atoms with Crippen LogP contribution in [0.1, 0.15) is 31.9 Å². The number of benzene rings is 1. The molecule has 1 heterocycles. The predicted molar refractivity (Wildman–Crippen MR) is 81.0 cm³/mol. The minimum Gasteiger partial charge on any atom is -0.508 e. The highest BCUT2D eigenvalue weighted by Crippen LogP contribution is 2.24. The first-order chi connectivity index (χ1) is 9.47. The Morgan fingerprint density at radius 1 is 1.20 bits per heavy atom. The van der Waals surface area contributed by atoms with Crippen molar-refractivity contribution in [3.63, 3.8) is 0 Å².